The van der Waals surface area contributed by atoms with Crippen LogP contribution in [0, 0.1) is 0 Å². The smallest absolute Gasteiger partial charge is 0.338 e. The fraction of sp³-hybridized carbons (Fsp3) is 0.462. The highest BCUT2D eigenvalue weighted by atomic mass is 35.5. The average Bonchev–Trinajstić information content (AvgIpc) is 3.22. The Morgan fingerprint density at radius 1 is 0.673 bits per heavy atom. The van der Waals surface area contributed by atoms with Gasteiger partial charge in [0.05, 0.1) is 31.5 Å². The zero-order valence-corrected chi connectivity index (χ0v) is 31.6. The molecule has 296 valence electrons. The predicted molar refractivity (Wildman–Crippen MR) is 190 cm³/mol. The number of carbonyl (C=O) groups excluding carboxylic acids is 3. The first-order valence-corrected chi connectivity index (χ1v) is 18.0. The molecule has 55 heavy (non-hydrogen) atoms. The van der Waals surface area contributed by atoms with Gasteiger partial charge in [-0.25, -0.2) is 9.59 Å². The van der Waals surface area contributed by atoms with Crippen LogP contribution in [-0.2, 0) is 52.2 Å². The minimum Gasteiger partial charge on any atom is -0.497 e. The second-order valence-electron chi connectivity index (χ2n) is 13.0. The van der Waals surface area contributed by atoms with Crippen LogP contribution in [0.25, 0.3) is 0 Å². The van der Waals surface area contributed by atoms with E-state index in [0.29, 0.717) is 11.5 Å². The van der Waals surface area contributed by atoms with Crippen LogP contribution in [0.3, 0.4) is 0 Å². The molecule has 16 heteroatoms. The van der Waals surface area contributed by atoms with Crippen molar-refractivity contribution in [1.82, 2.24) is 0 Å². The third-order valence-corrected chi connectivity index (χ3v) is 9.83. The lowest BCUT2D eigenvalue weighted by Crippen LogP contribution is -2.71. The molecular formula is C39H43ClO15. The molecular weight excluding hydrogens is 744 g/mol. The molecule has 15 nitrogen and oxygen atoms in total. The summed E-state index contributed by atoms with van der Waals surface area (Å²) in [6.07, 6.45) is -9.84. The van der Waals surface area contributed by atoms with Crippen LogP contribution in [0.1, 0.15) is 34.6 Å². The van der Waals surface area contributed by atoms with Crippen LogP contribution in [-0.4, -0.2) is 119 Å². The number of hydrogen-bond acceptors (Lipinski definition) is 15. The number of halogens is 1. The molecule has 0 aliphatic carbocycles. The minimum atomic E-state index is -1.49. The molecule has 0 radical (unpaired) electrons. The van der Waals surface area contributed by atoms with Gasteiger partial charge in [-0.1, -0.05) is 36.4 Å². The largest absolute Gasteiger partial charge is 0.497 e. The fourth-order valence-electron chi connectivity index (χ4n) is 6.36. The average molecular weight is 787 g/mol. The Morgan fingerprint density at radius 3 is 1.78 bits per heavy atom. The van der Waals surface area contributed by atoms with Crippen molar-refractivity contribution in [3.8, 4) is 11.5 Å². The summed E-state index contributed by atoms with van der Waals surface area (Å²) in [4.78, 5) is 40.1. The van der Waals surface area contributed by atoms with Gasteiger partial charge in [0, 0.05) is 14.2 Å². The summed E-state index contributed by atoms with van der Waals surface area (Å²) in [7, 11) is 4.39. The van der Waals surface area contributed by atoms with Gasteiger partial charge in [0.1, 0.15) is 35.7 Å². The first kappa shape index (κ1) is 40.3. The number of hydrogen-bond donors (Lipinski definition) is 0. The van der Waals surface area contributed by atoms with Crippen molar-refractivity contribution < 1.29 is 71.2 Å². The van der Waals surface area contributed by atoms with E-state index in [0.717, 1.165) is 0 Å². The van der Waals surface area contributed by atoms with Gasteiger partial charge in [-0.15, -0.1) is 11.6 Å². The van der Waals surface area contributed by atoms with E-state index < -0.39 is 84.6 Å². The first-order valence-electron chi connectivity index (χ1n) is 17.4. The Labute approximate surface area is 322 Å². The zero-order valence-electron chi connectivity index (χ0n) is 30.8. The van der Waals surface area contributed by atoms with Gasteiger partial charge in [-0.3, -0.25) is 4.79 Å². The normalized spacial score (nSPS) is 31.7. The van der Waals surface area contributed by atoms with Gasteiger partial charge in [0.25, 0.3) is 0 Å². The van der Waals surface area contributed by atoms with Gasteiger partial charge in [-0.2, -0.15) is 0 Å². The van der Waals surface area contributed by atoms with E-state index in [-0.39, 0.29) is 24.3 Å². The van der Waals surface area contributed by atoms with Gasteiger partial charge >= 0.3 is 17.9 Å². The van der Waals surface area contributed by atoms with E-state index in [2.05, 4.69) is 0 Å². The standard InChI is InChI=1S/C39H43ClO15/c1-38(45-4)39(2,46-5)55-31-28(54-38)22-48-37(33(31)51-29(41)20-40)50-27-21-47-36(49-26-18-16-25(44-3)17-19-26)32(53-35(43)24-14-10-7-11-15-24)30(27)52-34(42)23-12-8-6-9-13-23/h6-19,27-28,30-33,36-37H,20-22H2,1-5H3/t27-,28-,30+,31+,32-,33-,36+,37+,38+,39+/m1/s1. The number of rotatable bonds is 13. The van der Waals surface area contributed by atoms with Gasteiger partial charge in [0.15, 0.2) is 18.5 Å². The monoisotopic (exact) mass is 786 g/mol. The molecule has 3 fully saturated rings. The highest BCUT2D eigenvalue weighted by Gasteiger charge is 2.62. The minimum absolute atomic E-state index is 0.110. The highest BCUT2D eigenvalue weighted by Crippen LogP contribution is 2.43. The molecule has 3 aliphatic heterocycles. The van der Waals surface area contributed by atoms with Crippen molar-refractivity contribution in [2.45, 2.75) is 74.6 Å². The number of alkyl halides is 1. The van der Waals surface area contributed by atoms with Crippen LogP contribution in [0.5, 0.6) is 11.5 Å². The molecule has 3 aromatic carbocycles. The summed E-state index contributed by atoms with van der Waals surface area (Å²) in [5.41, 5.74) is 0.433. The van der Waals surface area contributed by atoms with E-state index in [1.807, 2.05) is 0 Å². The summed E-state index contributed by atoms with van der Waals surface area (Å²) in [5, 5.41) is 0. The number of carbonyl (C=O) groups is 3. The molecule has 0 N–H and O–H groups in total. The van der Waals surface area contributed by atoms with Crippen molar-refractivity contribution in [1.29, 1.82) is 0 Å². The second kappa shape index (κ2) is 17.6. The van der Waals surface area contributed by atoms with Crippen molar-refractivity contribution >= 4 is 29.5 Å². The lowest BCUT2D eigenvalue weighted by atomic mass is 9.97. The van der Waals surface area contributed by atoms with Crippen LogP contribution in [0.2, 0.25) is 0 Å². The summed E-state index contributed by atoms with van der Waals surface area (Å²) in [6, 6.07) is 23.1. The van der Waals surface area contributed by atoms with E-state index in [1.165, 1.54) is 21.3 Å². The van der Waals surface area contributed by atoms with E-state index in [4.69, 9.17) is 68.4 Å². The molecule has 0 spiro atoms. The molecule has 10 atom stereocenters. The van der Waals surface area contributed by atoms with Crippen molar-refractivity contribution in [3.05, 3.63) is 96.1 Å². The van der Waals surface area contributed by atoms with Crippen LogP contribution >= 0.6 is 11.6 Å². The molecule has 0 unspecified atom stereocenters. The molecule has 0 saturated carbocycles. The van der Waals surface area contributed by atoms with Crippen LogP contribution in [0.4, 0.5) is 0 Å². The number of benzene rings is 3. The summed E-state index contributed by atoms with van der Waals surface area (Å²) < 4.78 is 72.2. The summed E-state index contributed by atoms with van der Waals surface area (Å²) in [6.45, 7) is 2.87. The molecule has 0 aromatic heterocycles. The van der Waals surface area contributed by atoms with Gasteiger partial charge in [-0.05, 0) is 62.4 Å². The quantitative estimate of drug-likeness (QED) is 0.137. The molecule has 3 aromatic rings. The Bertz CT molecular complexity index is 1750. The maximum absolute atomic E-state index is 13.7. The van der Waals surface area contributed by atoms with E-state index >= 15 is 0 Å². The van der Waals surface area contributed by atoms with Crippen molar-refractivity contribution in [2.75, 3.05) is 40.4 Å². The van der Waals surface area contributed by atoms with Crippen molar-refractivity contribution in [2.24, 2.45) is 0 Å². The Balaban J connectivity index is 1.35. The lowest BCUT2D eigenvalue weighted by molar-refractivity contribution is -0.472. The summed E-state index contributed by atoms with van der Waals surface area (Å²) in [5.74, 6) is -4.75. The van der Waals surface area contributed by atoms with Crippen LogP contribution in [0.15, 0.2) is 84.9 Å². The Kier molecular flexibility index (Phi) is 12.9. The molecule has 6 rings (SSSR count). The third-order valence-electron chi connectivity index (χ3n) is 9.61. The van der Waals surface area contributed by atoms with E-state index in [9.17, 15) is 14.4 Å². The molecule has 3 heterocycles. The topological polar surface area (TPSA) is 162 Å². The number of methoxy groups -OCH3 is 3. The lowest BCUT2D eigenvalue weighted by Gasteiger charge is -2.55. The van der Waals surface area contributed by atoms with Gasteiger partial charge < -0.3 is 56.8 Å². The first-order chi connectivity index (χ1) is 26.5. The highest BCUT2D eigenvalue weighted by molar-refractivity contribution is 6.26. The number of fused-ring (bicyclic) bond motifs is 1. The second-order valence-corrected chi connectivity index (χ2v) is 13.2. The SMILES string of the molecule is COc1ccc(O[C@@H]2OC[C@@H](O[C@@H]3OC[C@H]4O[C@](C)(OC)[C@@](C)(OC)O[C@@H]4[C@H]3OC(=O)CCl)[C@H](OC(=O)c3ccccc3)[C@H]2OC(=O)c2ccccc2)cc1. The predicted octanol–water partition coefficient (Wildman–Crippen LogP) is 4.28. The number of ether oxygens (including phenoxy) is 12. The maximum Gasteiger partial charge on any atom is 0.338 e. The zero-order chi connectivity index (χ0) is 39.2. The molecule has 3 aliphatic rings. The molecule has 0 amide bonds. The molecule has 0 bridgehead atoms. The Hall–Kier alpha value is -4.32. The third kappa shape index (κ3) is 8.90. The number of esters is 3. The Morgan fingerprint density at radius 2 is 1.22 bits per heavy atom. The van der Waals surface area contributed by atoms with E-state index in [1.54, 1.807) is 98.8 Å². The fourth-order valence-corrected chi connectivity index (χ4v) is 6.43. The van der Waals surface area contributed by atoms with Crippen molar-refractivity contribution in [3.63, 3.8) is 0 Å². The van der Waals surface area contributed by atoms with Gasteiger partial charge in [0.2, 0.25) is 24.0 Å². The molecule has 3 saturated heterocycles. The summed E-state index contributed by atoms with van der Waals surface area (Å²) >= 11 is 5.87. The van der Waals surface area contributed by atoms with Crippen LogP contribution < -0.4 is 9.47 Å². The maximum atomic E-state index is 13.7.